The van der Waals surface area contributed by atoms with Gasteiger partial charge in [-0.05, 0) is 12.0 Å². The van der Waals surface area contributed by atoms with Crippen LogP contribution in [-0.2, 0) is 11.3 Å². The number of ether oxygens (including phenoxy) is 1. The predicted octanol–water partition coefficient (Wildman–Crippen LogP) is 2.20. The van der Waals surface area contributed by atoms with Crippen LogP contribution < -0.4 is 0 Å². The normalized spacial score (nSPS) is 21.7. The van der Waals surface area contributed by atoms with Gasteiger partial charge in [0.2, 0.25) is 6.54 Å². The first-order valence-electron chi connectivity index (χ1n) is 6.09. The van der Waals surface area contributed by atoms with E-state index in [-0.39, 0.29) is 6.04 Å². The van der Waals surface area contributed by atoms with Gasteiger partial charge in [-0.3, -0.25) is 4.90 Å². The zero-order valence-electron chi connectivity index (χ0n) is 10.0. The van der Waals surface area contributed by atoms with Crippen molar-refractivity contribution in [2.45, 2.75) is 19.0 Å². The van der Waals surface area contributed by atoms with Gasteiger partial charge in [-0.2, -0.15) is 0 Å². The Kier molecular flexibility index (Phi) is 4.54. The Morgan fingerprint density at radius 1 is 1.35 bits per heavy atom. The lowest BCUT2D eigenvalue weighted by Crippen LogP contribution is -2.38. The van der Waals surface area contributed by atoms with Crippen molar-refractivity contribution in [3.8, 4) is 0 Å². The van der Waals surface area contributed by atoms with Crippen LogP contribution in [-0.4, -0.2) is 37.2 Å². The molecule has 0 amide bonds. The summed E-state index contributed by atoms with van der Waals surface area (Å²) in [5.41, 5.74) is 1.31. The van der Waals surface area contributed by atoms with Gasteiger partial charge in [-0.25, -0.2) is 6.57 Å². The molecule has 0 N–H and O–H groups in total. The van der Waals surface area contributed by atoms with E-state index in [4.69, 9.17) is 11.3 Å². The number of hydrogen-bond donors (Lipinski definition) is 0. The molecule has 1 aliphatic rings. The zero-order chi connectivity index (χ0) is 11.9. The third-order valence-electron chi connectivity index (χ3n) is 3.09. The Balaban J connectivity index is 2.02. The molecule has 1 fully saturated rings. The highest BCUT2D eigenvalue weighted by atomic mass is 16.5. The van der Waals surface area contributed by atoms with Crippen LogP contribution in [0, 0.1) is 6.57 Å². The van der Waals surface area contributed by atoms with Gasteiger partial charge in [-0.15, -0.1) is 0 Å². The van der Waals surface area contributed by atoms with Gasteiger partial charge in [0, 0.05) is 19.7 Å². The average molecular weight is 230 g/mol. The van der Waals surface area contributed by atoms with Crippen molar-refractivity contribution < 1.29 is 4.74 Å². The van der Waals surface area contributed by atoms with Gasteiger partial charge >= 0.3 is 0 Å². The van der Waals surface area contributed by atoms with Crippen molar-refractivity contribution in [1.82, 2.24) is 4.90 Å². The van der Waals surface area contributed by atoms with Crippen molar-refractivity contribution in [2.75, 3.05) is 26.3 Å². The van der Waals surface area contributed by atoms with Crippen molar-refractivity contribution in [3.63, 3.8) is 0 Å². The van der Waals surface area contributed by atoms with E-state index in [9.17, 15) is 0 Å². The molecule has 1 aromatic carbocycles. The van der Waals surface area contributed by atoms with Gasteiger partial charge in [-0.1, -0.05) is 30.3 Å². The molecule has 1 saturated heterocycles. The monoisotopic (exact) mass is 230 g/mol. The van der Waals surface area contributed by atoms with Crippen molar-refractivity contribution in [3.05, 3.63) is 47.3 Å². The molecule has 0 aromatic heterocycles. The summed E-state index contributed by atoms with van der Waals surface area (Å²) in [6.07, 6.45) is 1.06. The van der Waals surface area contributed by atoms with E-state index in [0.29, 0.717) is 13.2 Å². The molecule has 3 nitrogen and oxygen atoms in total. The summed E-state index contributed by atoms with van der Waals surface area (Å²) in [6.45, 7) is 11.0. The minimum absolute atomic E-state index is 0.246. The molecule has 0 radical (unpaired) electrons. The van der Waals surface area contributed by atoms with Gasteiger partial charge in [0.25, 0.3) is 0 Å². The van der Waals surface area contributed by atoms with E-state index in [0.717, 1.165) is 26.1 Å². The Bertz CT molecular complexity index is 372. The minimum atomic E-state index is 0.246. The molecule has 1 aromatic rings. The molecule has 1 atom stereocenters. The van der Waals surface area contributed by atoms with Crippen LogP contribution in [0.3, 0.4) is 0 Å². The number of benzene rings is 1. The smallest absolute Gasteiger partial charge is 0.232 e. The molecule has 0 unspecified atom stereocenters. The zero-order valence-corrected chi connectivity index (χ0v) is 10.0. The second kappa shape index (κ2) is 6.39. The van der Waals surface area contributed by atoms with Gasteiger partial charge < -0.3 is 9.58 Å². The molecule has 0 spiro atoms. The Labute approximate surface area is 103 Å². The third-order valence-corrected chi connectivity index (χ3v) is 3.09. The standard InChI is InChI=1S/C14H18N2O/c1-15-10-14-12-17-9-5-8-16(14)11-13-6-3-2-4-7-13/h2-4,6-7,14H,5,8-12H2/t14-/m1/s1. The number of hydrogen-bond acceptors (Lipinski definition) is 2. The lowest BCUT2D eigenvalue weighted by atomic mass is 10.1. The molecule has 17 heavy (non-hydrogen) atoms. The van der Waals surface area contributed by atoms with Crippen LogP contribution in [0.15, 0.2) is 30.3 Å². The van der Waals surface area contributed by atoms with E-state index in [2.05, 4.69) is 34.0 Å². The Hall–Kier alpha value is -1.37. The minimum Gasteiger partial charge on any atom is -0.379 e. The Morgan fingerprint density at radius 2 is 2.18 bits per heavy atom. The van der Waals surface area contributed by atoms with Crippen LogP contribution in [0.2, 0.25) is 0 Å². The van der Waals surface area contributed by atoms with Crippen LogP contribution in [0.4, 0.5) is 0 Å². The fourth-order valence-corrected chi connectivity index (χ4v) is 2.18. The van der Waals surface area contributed by atoms with Crippen LogP contribution in [0.1, 0.15) is 12.0 Å². The summed E-state index contributed by atoms with van der Waals surface area (Å²) >= 11 is 0. The summed E-state index contributed by atoms with van der Waals surface area (Å²) in [7, 11) is 0. The molecular weight excluding hydrogens is 212 g/mol. The SMILES string of the molecule is [C-]#[N+]C[C@@H]1COCCCN1Cc1ccccc1. The first-order chi connectivity index (χ1) is 8.40. The van der Waals surface area contributed by atoms with E-state index >= 15 is 0 Å². The maximum Gasteiger partial charge on any atom is 0.232 e. The molecule has 0 bridgehead atoms. The second-order valence-electron chi connectivity index (χ2n) is 4.38. The second-order valence-corrected chi connectivity index (χ2v) is 4.38. The van der Waals surface area contributed by atoms with Gasteiger partial charge in [0.1, 0.15) is 6.04 Å². The molecular formula is C14H18N2O. The predicted molar refractivity (Wildman–Crippen MR) is 67.5 cm³/mol. The van der Waals surface area contributed by atoms with E-state index in [1.807, 2.05) is 6.07 Å². The highest BCUT2D eigenvalue weighted by Gasteiger charge is 2.23. The molecule has 1 heterocycles. The summed E-state index contributed by atoms with van der Waals surface area (Å²) in [5.74, 6) is 0. The summed E-state index contributed by atoms with van der Waals surface area (Å²) in [6, 6.07) is 10.7. The van der Waals surface area contributed by atoms with Crippen molar-refractivity contribution in [2.24, 2.45) is 0 Å². The van der Waals surface area contributed by atoms with Gasteiger partial charge in [0.15, 0.2) is 0 Å². The van der Waals surface area contributed by atoms with Gasteiger partial charge in [0.05, 0.1) is 6.61 Å². The molecule has 0 saturated carbocycles. The largest absolute Gasteiger partial charge is 0.379 e. The van der Waals surface area contributed by atoms with Crippen LogP contribution >= 0.6 is 0 Å². The summed E-state index contributed by atoms with van der Waals surface area (Å²) in [5, 5.41) is 0. The Morgan fingerprint density at radius 3 is 2.94 bits per heavy atom. The highest BCUT2D eigenvalue weighted by molar-refractivity contribution is 5.14. The number of nitrogens with zero attached hydrogens (tertiary/aromatic N) is 2. The quantitative estimate of drug-likeness (QED) is 0.740. The average Bonchev–Trinajstić information content (AvgIpc) is 2.57. The molecule has 3 heteroatoms. The van der Waals surface area contributed by atoms with E-state index in [1.54, 1.807) is 0 Å². The fourth-order valence-electron chi connectivity index (χ4n) is 2.18. The topological polar surface area (TPSA) is 16.8 Å². The van der Waals surface area contributed by atoms with Crippen LogP contribution in [0.25, 0.3) is 4.85 Å². The summed E-state index contributed by atoms with van der Waals surface area (Å²) < 4.78 is 5.54. The molecule has 2 rings (SSSR count). The first-order valence-corrected chi connectivity index (χ1v) is 6.09. The van der Waals surface area contributed by atoms with Crippen molar-refractivity contribution >= 4 is 0 Å². The summed E-state index contributed by atoms with van der Waals surface area (Å²) in [4.78, 5) is 5.90. The highest BCUT2D eigenvalue weighted by Crippen LogP contribution is 2.13. The maximum absolute atomic E-state index is 7.02. The maximum atomic E-state index is 7.02. The van der Waals surface area contributed by atoms with Crippen molar-refractivity contribution in [1.29, 1.82) is 0 Å². The molecule has 0 aliphatic carbocycles. The third kappa shape index (κ3) is 3.55. The molecule has 1 aliphatic heterocycles. The van der Waals surface area contributed by atoms with E-state index in [1.165, 1.54) is 5.56 Å². The lowest BCUT2D eigenvalue weighted by molar-refractivity contribution is 0.104. The first kappa shape index (κ1) is 12.1. The lowest BCUT2D eigenvalue weighted by Gasteiger charge is -2.25. The molecule has 90 valence electrons. The van der Waals surface area contributed by atoms with E-state index < -0.39 is 0 Å². The fraction of sp³-hybridized carbons (Fsp3) is 0.500. The number of rotatable bonds is 3. The van der Waals surface area contributed by atoms with Crippen LogP contribution in [0.5, 0.6) is 0 Å².